The van der Waals surface area contributed by atoms with Gasteiger partial charge in [-0.3, -0.25) is 4.98 Å². The molecule has 1 heterocycles. The first-order valence-corrected chi connectivity index (χ1v) is 5.75. The summed E-state index contributed by atoms with van der Waals surface area (Å²) in [4.78, 5) is 4.11. The Morgan fingerprint density at radius 2 is 2.17 bits per heavy atom. The molecule has 0 aliphatic rings. The summed E-state index contributed by atoms with van der Waals surface area (Å²) in [5.41, 5.74) is 1.66. The summed E-state index contributed by atoms with van der Waals surface area (Å²) in [6.07, 6.45) is 1.69. The molecule has 3 nitrogen and oxygen atoms in total. The first-order chi connectivity index (χ1) is 8.79. The summed E-state index contributed by atoms with van der Waals surface area (Å²) in [7, 11) is 1.82. The molecule has 0 amide bonds. The van der Waals surface area contributed by atoms with Gasteiger partial charge in [-0.05, 0) is 36.9 Å². The standard InChI is InChI=1S/C14H15FN2O/c1-16-9-11-5-6-14(13(15)8-11)18-10-12-4-2-3-7-17-12/h2-8,16H,9-10H2,1H3. The number of hydrogen-bond donors (Lipinski definition) is 1. The monoisotopic (exact) mass is 246 g/mol. The van der Waals surface area contributed by atoms with Crippen molar-refractivity contribution in [1.82, 2.24) is 10.3 Å². The first kappa shape index (κ1) is 12.5. The zero-order valence-electron chi connectivity index (χ0n) is 10.2. The second-order valence-electron chi connectivity index (χ2n) is 3.90. The van der Waals surface area contributed by atoms with Crippen LogP contribution in [0, 0.1) is 5.82 Å². The van der Waals surface area contributed by atoms with E-state index in [1.54, 1.807) is 12.3 Å². The number of rotatable bonds is 5. The maximum Gasteiger partial charge on any atom is 0.165 e. The Kier molecular flexibility index (Phi) is 4.25. The van der Waals surface area contributed by atoms with Crippen LogP contribution in [-0.4, -0.2) is 12.0 Å². The number of halogens is 1. The highest BCUT2D eigenvalue weighted by molar-refractivity contribution is 5.29. The van der Waals surface area contributed by atoms with E-state index in [9.17, 15) is 4.39 Å². The minimum atomic E-state index is -0.348. The third kappa shape index (κ3) is 3.28. The molecule has 0 unspecified atom stereocenters. The number of benzene rings is 1. The fourth-order valence-corrected chi connectivity index (χ4v) is 1.61. The van der Waals surface area contributed by atoms with E-state index < -0.39 is 0 Å². The van der Waals surface area contributed by atoms with E-state index >= 15 is 0 Å². The topological polar surface area (TPSA) is 34.1 Å². The highest BCUT2D eigenvalue weighted by Crippen LogP contribution is 2.19. The zero-order chi connectivity index (χ0) is 12.8. The van der Waals surface area contributed by atoms with Gasteiger partial charge in [0.1, 0.15) is 6.61 Å². The van der Waals surface area contributed by atoms with Crippen molar-refractivity contribution in [2.24, 2.45) is 0 Å². The molecule has 0 fully saturated rings. The van der Waals surface area contributed by atoms with Crippen LogP contribution in [0.4, 0.5) is 4.39 Å². The molecule has 94 valence electrons. The van der Waals surface area contributed by atoms with E-state index in [1.807, 2.05) is 31.3 Å². The predicted octanol–water partition coefficient (Wildman–Crippen LogP) is 2.52. The van der Waals surface area contributed by atoms with Crippen LogP contribution in [0.15, 0.2) is 42.6 Å². The number of ether oxygens (including phenoxy) is 1. The van der Waals surface area contributed by atoms with E-state index in [1.165, 1.54) is 6.07 Å². The third-order valence-corrected chi connectivity index (χ3v) is 2.48. The Labute approximate surface area is 106 Å². The summed E-state index contributed by atoms with van der Waals surface area (Å²) >= 11 is 0. The Hall–Kier alpha value is -1.94. The van der Waals surface area contributed by atoms with Crippen LogP contribution < -0.4 is 10.1 Å². The fourth-order valence-electron chi connectivity index (χ4n) is 1.61. The number of nitrogens with zero attached hydrogens (tertiary/aromatic N) is 1. The maximum absolute atomic E-state index is 13.7. The van der Waals surface area contributed by atoms with Gasteiger partial charge in [-0.2, -0.15) is 0 Å². The van der Waals surface area contributed by atoms with Crippen LogP contribution >= 0.6 is 0 Å². The molecule has 0 aliphatic carbocycles. The molecule has 0 saturated heterocycles. The molecule has 0 aliphatic heterocycles. The predicted molar refractivity (Wildman–Crippen MR) is 67.7 cm³/mol. The molecule has 4 heteroatoms. The summed E-state index contributed by atoms with van der Waals surface area (Å²) in [6.45, 7) is 0.903. The smallest absolute Gasteiger partial charge is 0.165 e. The molecular formula is C14H15FN2O. The quantitative estimate of drug-likeness (QED) is 0.880. The van der Waals surface area contributed by atoms with Crippen molar-refractivity contribution in [2.75, 3.05) is 7.05 Å². The molecule has 2 aromatic rings. The number of aromatic nitrogens is 1. The lowest BCUT2D eigenvalue weighted by molar-refractivity contribution is 0.286. The number of pyridine rings is 1. The van der Waals surface area contributed by atoms with E-state index in [2.05, 4.69) is 10.3 Å². The van der Waals surface area contributed by atoms with Crippen molar-refractivity contribution in [1.29, 1.82) is 0 Å². The van der Waals surface area contributed by atoms with Gasteiger partial charge in [0.2, 0.25) is 0 Å². The minimum absolute atomic E-state index is 0.250. The second-order valence-corrected chi connectivity index (χ2v) is 3.90. The van der Waals surface area contributed by atoms with Gasteiger partial charge in [0, 0.05) is 12.7 Å². The normalized spacial score (nSPS) is 10.3. The Morgan fingerprint density at radius 1 is 1.28 bits per heavy atom. The molecule has 0 saturated carbocycles. The third-order valence-electron chi connectivity index (χ3n) is 2.48. The highest BCUT2D eigenvalue weighted by Gasteiger charge is 2.05. The molecule has 18 heavy (non-hydrogen) atoms. The van der Waals surface area contributed by atoms with Crippen molar-refractivity contribution in [3.8, 4) is 5.75 Å². The van der Waals surface area contributed by atoms with Crippen LogP contribution in [0.5, 0.6) is 5.75 Å². The van der Waals surface area contributed by atoms with Crippen molar-refractivity contribution >= 4 is 0 Å². The Morgan fingerprint density at radius 3 is 2.83 bits per heavy atom. The summed E-state index contributed by atoms with van der Waals surface area (Å²) in [5.74, 6) is -0.0980. The fraction of sp³-hybridized carbons (Fsp3) is 0.214. The lowest BCUT2D eigenvalue weighted by Crippen LogP contribution is -2.06. The van der Waals surface area contributed by atoms with Gasteiger partial charge in [-0.25, -0.2) is 4.39 Å². The Balaban J connectivity index is 2.01. The maximum atomic E-state index is 13.7. The molecule has 2 rings (SSSR count). The van der Waals surface area contributed by atoms with Crippen LogP contribution in [0.25, 0.3) is 0 Å². The second kappa shape index (κ2) is 6.12. The van der Waals surface area contributed by atoms with E-state index in [0.717, 1.165) is 11.3 Å². The van der Waals surface area contributed by atoms with Crippen molar-refractivity contribution < 1.29 is 9.13 Å². The molecule has 1 N–H and O–H groups in total. The summed E-state index contributed by atoms with van der Waals surface area (Å²) in [5, 5.41) is 2.97. The van der Waals surface area contributed by atoms with Crippen molar-refractivity contribution in [3.63, 3.8) is 0 Å². The number of nitrogens with one attached hydrogen (secondary N) is 1. The van der Waals surface area contributed by atoms with Crippen molar-refractivity contribution in [3.05, 3.63) is 59.7 Å². The minimum Gasteiger partial charge on any atom is -0.484 e. The van der Waals surface area contributed by atoms with Crippen LogP contribution in [0.1, 0.15) is 11.3 Å². The van der Waals surface area contributed by atoms with Gasteiger partial charge in [-0.15, -0.1) is 0 Å². The molecule has 0 radical (unpaired) electrons. The van der Waals surface area contributed by atoms with Gasteiger partial charge in [0.25, 0.3) is 0 Å². The molecule has 1 aromatic heterocycles. The van der Waals surface area contributed by atoms with Crippen LogP contribution in [0.3, 0.4) is 0 Å². The van der Waals surface area contributed by atoms with Gasteiger partial charge >= 0.3 is 0 Å². The van der Waals surface area contributed by atoms with Gasteiger partial charge in [-0.1, -0.05) is 12.1 Å². The average molecular weight is 246 g/mol. The van der Waals surface area contributed by atoms with Gasteiger partial charge in [0.15, 0.2) is 11.6 Å². The van der Waals surface area contributed by atoms with E-state index in [4.69, 9.17) is 4.74 Å². The first-order valence-electron chi connectivity index (χ1n) is 5.75. The molecule has 0 atom stereocenters. The highest BCUT2D eigenvalue weighted by atomic mass is 19.1. The number of hydrogen-bond acceptors (Lipinski definition) is 3. The Bertz CT molecular complexity index is 502. The summed E-state index contributed by atoms with van der Waals surface area (Å²) in [6, 6.07) is 10.5. The molecular weight excluding hydrogens is 231 g/mol. The van der Waals surface area contributed by atoms with Crippen molar-refractivity contribution in [2.45, 2.75) is 13.2 Å². The molecule has 1 aromatic carbocycles. The summed E-state index contributed by atoms with van der Waals surface area (Å²) < 4.78 is 19.1. The van der Waals surface area contributed by atoms with Crippen LogP contribution in [-0.2, 0) is 13.2 Å². The lowest BCUT2D eigenvalue weighted by atomic mass is 10.2. The SMILES string of the molecule is CNCc1ccc(OCc2ccccn2)c(F)c1. The van der Waals surface area contributed by atoms with Gasteiger partial charge < -0.3 is 10.1 Å². The molecule has 0 spiro atoms. The zero-order valence-corrected chi connectivity index (χ0v) is 10.2. The molecule has 0 bridgehead atoms. The van der Waals surface area contributed by atoms with Crippen LogP contribution in [0.2, 0.25) is 0 Å². The van der Waals surface area contributed by atoms with E-state index in [0.29, 0.717) is 6.54 Å². The largest absolute Gasteiger partial charge is 0.484 e. The van der Waals surface area contributed by atoms with E-state index in [-0.39, 0.29) is 18.2 Å². The average Bonchev–Trinajstić information content (AvgIpc) is 2.39. The lowest BCUT2D eigenvalue weighted by Gasteiger charge is -2.08. The van der Waals surface area contributed by atoms with Gasteiger partial charge in [0.05, 0.1) is 5.69 Å².